The number of likely N-dealkylation sites (tertiary alicyclic amines) is 1. The van der Waals surface area contributed by atoms with Crippen LogP contribution in [0.15, 0.2) is 61.3 Å². The molecular weight excluding hydrogens is 384 g/mol. The number of amides is 1. The van der Waals surface area contributed by atoms with Gasteiger partial charge in [0, 0.05) is 60.2 Å². The second kappa shape index (κ2) is 9.14. The van der Waals surface area contributed by atoms with Gasteiger partial charge in [-0.3, -0.25) is 9.78 Å². The number of nitrogens with zero attached hydrogens (tertiary/aromatic N) is 4. The van der Waals surface area contributed by atoms with Crippen LogP contribution in [0.5, 0.6) is 0 Å². The molecule has 4 rings (SSSR count). The molecule has 1 aromatic carbocycles. The van der Waals surface area contributed by atoms with Crippen molar-refractivity contribution in [2.24, 2.45) is 0 Å². The Kier molecular flexibility index (Phi) is 6.15. The highest BCUT2D eigenvalue weighted by Gasteiger charge is 2.27. The fourth-order valence-electron chi connectivity index (χ4n) is 3.93. The summed E-state index contributed by atoms with van der Waals surface area (Å²) in [7, 11) is 0. The zero-order chi connectivity index (χ0) is 20.1. The Morgan fingerprint density at radius 3 is 2.83 bits per heavy atom. The van der Waals surface area contributed by atoms with Gasteiger partial charge in [-0.25, -0.2) is 9.97 Å². The van der Waals surface area contributed by atoms with Crippen LogP contribution in [0.1, 0.15) is 36.4 Å². The lowest BCUT2D eigenvalue weighted by molar-refractivity contribution is -0.132. The summed E-state index contributed by atoms with van der Waals surface area (Å²) >= 11 is 6.42. The molecule has 0 spiro atoms. The number of hydrogen-bond acceptors (Lipinski definition) is 4. The van der Waals surface area contributed by atoms with Crippen LogP contribution in [0.4, 0.5) is 0 Å². The lowest BCUT2D eigenvalue weighted by atomic mass is 9.89. The summed E-state index contributed by atoms with van der Waals surface area (Å²) in [5.74, 6) is 0.368. The molecular formula is C23H23ClN4O. The average Bonchev–Trinajstić information content (AvgIpc) is 2.78. The normalized spacial score (nSPS) is 16.6. The second-order valence-corrected chi connectivity index (χ2v) is 7.75. The van der Waals surface area contributed by atoms with E-state index in [1.165, 1.54) is 0 Å². The van der Waals surface area contributed by atoms with Gasteiger partial charge in [-0.2, -0.15) is 0 Å². The van der Waals surface area contributed by atoms with Crippen LogP contribution < -0.4 is 0 Å². The van der Waals surface area contributed by atoms with Crippen molar-refractivity contribution in [1.29, 1.82) is 0 Å². The maximum absolute atomic E-state index is 12.8. The molecule has 5 nitrogen and oxygen atoms in total. The summed E-state index contributed by atoms with van der Waals surface area (Å²) in [6, 6.07) is 11.7. The third-order valence-corrected chi connectivity index (χ3v) is 5.75. The molecule has 0 radical (unpaired) electrons. The lowest BCUT2D eigenvalue weighted by Crippen LogP contribution is -2.39. The van der Waals surface area contributed by atoms with Crippen LogP contribution in [0.3, 0.4) is 0 Å². The van der Waals surface area contributed by atoms with E-state index in [1.807, 2.05) is 53.7 Å². The highest BCUT2D eigenvalue weighted by atomic mass is 35.5. The minimum Gasteiger partial charge on any atom is -0.342 e. The number of benzene rings is 1. The molecule has 3 heterocycles. The molecule has 29 heavy (non-hydrogen) atoms. The molecule has 1 fully saturated rings. The molecule has 148 valence electrons. The van der Waals surface area contributed by atoms with E-state index in [2.05, 4.69) is 15.0 Å². The van der Waals surface area contributed by atoms with Crippen LogP contribution >= 0.6 is 11.6 Å². The van der Waals surface area contributed by atoms with Crippen molar-refractivity contribution in [3.8, 4) is 11.1 Å². The molecule has 1 atom stereocenters. The van der Waals surface area contributed by atoms with E-state index in [0.717, 1.165) is 41.8 Å². The number of rotatable bonds is 5. The number of halogens is 1. The van der Waals surface area contributed by atoms with Gasteiger partial charge in [0.2, 0.25) is 5.91 Å². The largest absolute Gasteiger partial charge is 0.342 e. The predicted molar refractivity (Wildman–Crippen MR) is 114 cm³/mol. The van der Waals surface area contributed by atoms with Crippen molar-refractivity contribution in [2.75, 3.05) is 13.1 Å². The molecule has 1 saturated heterocycles. The molecule has 1 unspecified atom stereocenters. The Hall–Kier alpha value is -2.79. The van der Waals surface area contributed by atoms with Gasteiger partial charge in [0.1, 0.15) is 6.33 Å². The molecule has 0 bridgehead atoms. The van der Waals surface area contributed by atoms with Crippen LogP contribution in [-0.2, 0) is 11.2 Å². The molecule has 2 aromatic heterocycles. The highest BCUT2D eigenvalue weighted by molar-refractivity contribution is 6.33. The monoisotopic (exact) mass is 406 g/mol. The van der Waals surface area contributed by atoms with Gasteiger partial charge in [-0.1, -0.05) is 35.9 Å². The summed E-state index contributed by atoms with van der Waals surface area (Å²) in [6.07, 6.45) is 10.2. The van der Waals surface area contributed by atoms with Gasteiger partial charge in [0.25, 0.3) is 0 Å². The number of aryl methyl sites for hydroxylation is 1. The van der Waals surface area contributed by atoms with Crippen LogP contribution in [0.25, 0.3) is 11.1 Å². The lowest BCUT2D eigenvalue weighted by Gasteiger charge is -2.33. The first-order chi connectivity index (χ1) is 14.2. The van der Waals surface area contributed by atoms with Crippen molar-refractivity contribution in [1.82, 2.24) is 19.9 Å². The van der Waals surface area contributed by atoms with Crippen molar-refractivity contribution in [3.05, 3.63) is 77.6 Å². The van der Waals surface area contributed by atoms with E-state index in [9.17, 15) is 4.79 Å². The number of carbonyl (C=O) groups excluding carboxylic acids is 1. The van der Waals surface area contributed by atoms with Crippen LogP contribution in [0.2, 0.25) is 5.02 Å². The first-order valence-corrected chi connectivity index (χ1v) is 10.3. The van der Waals surface area contributed by atoms with Gasteiger partial charge in [-0.05, 0) is 37.0 Å². The second-order valence-electron chi connectivity index (χ2n) is 7.34. The zero-order valence-electron chi connectivity index (χ0n) is 16.2. The van der Waals surface area contributed by atoms with Crippen molar-refractivity contribution < 1.29 is 4.79 Å². The molecule has 1 aliphatic rings. The quantitative estimate of drug-likeness (QED) is 0.624. The van der Waals surface area contributed by atoms with Gasteiger partial charge in [0.05, 0.1) is 5.69 Å². The Balaban J connectivity index is 1.49. The number of carbonyl (C=O) groups is 1. The molecule has 1 aliphatic heterocycles. The molecule has 0 saturated carbocycles. The van der Waals surface area contributed by atoms with Crippen molar-refractivity contribution in [2.45, 2.75) is 31.6 Å². The summed E-state index contributed by atoms with van der Waals surface area (Å²) in [5, 5.41) is 0.684. The van der Waals surface area contributed by atoms with Gasteiger partial charge >= 0.3 is 0 Å². The van der Waals surface area contributed by atoms with Crippen molar-refractivity contribution in [3.63, 3.8) is 0 Å². The first kappa shape index (κ1) is 19.5. The Bertz CT molecular complexity index is 979. The third kappa shape index (κ3) is 4.62. The zero-order valence-corrected chi connectivity index (χ0v) is 16.9. The number of piperidine rings is 1. The Morgan fingerprint density at radius 1 is 1.10 bits per heavy atom. The van der Waals surface area contributed by atoms with E-state index in [1.54, 1.807) is 12.5 Å². The first-order valence-electron chi connectivity index (χ1n) is 9.94. The van der Waals surface area contributed by atoms with E-state index in [4.69, 9.17) is 11.6 Å². The molecule has 1 amide bonds. The maximum atomic E-state index is 12.8. The summed E-state index contributed by atoms with van der Waals surface area (Å²) in [4.78, 5) is 27.7. The minimum absolute atomic E-state index is 0.181. The third-order valence-electron chi connectivity index (χ3n) is 5.42. The average molecular weight is 407 g/mol. The van der Waals surface area contributed by atoms with Crippen LogP contribution in [-0.4, -0.2) is 38.8 Å². The topological polar surface area (TPSA) is 59.0 Å². The van der Waals surface area contributed by atoms with Gasteiger partial charge in [-0.15, -0.1) is 0 Å². The van der Waals surface area contributed by atoms with Crippen molar-refractivity contribution >= 4 is 17.5 Å². The number of aromatic nitrogens is 3. The van der Waals surface area contributed by atoms with E-state index in [-0.39, 0.29) is 11.8 Å². The highest BCUT2D eigenvalue weighted by Crippen LogP contribution is 2.35. The van der Waals surface area contributed by atoms with Gasteiger partial charge < -0.3 is 4.90 Å². The minimum atomic E-state index is 0.181. The fraction of sp³-hybridized carbons (Fsp3) is 0.304. The molecule has 3 aromatic rings. The summed E-state index contributed by atoms with van der Waals surface area (Å²) in [6.45, 7) is 1.48. The van der Waals surface area contributed by atoms with E-state index < -0.39 is 0 Å². The Morgan fingerprint density at radius 2 is 2.00 bits per heavy atom. The number of pyridine rings is 1. The predicted octanol–water partition coefficient (Wildman–Crippen LogP) is 4.53. The molecule has 0 aliphatic carbocycles. The molecule has 6 heteroatoms. The Labute approximate surface area is 175 Å². The fourth-order valence-corrected chi connectivity index (χ4v) is 4.17. The molecule has 0 N–H and O–H groups in total. The number of hydrogen-bond donors (Lipinski definition) is 0. The summed E-state index contributed by atoms with van der Waals surface area (Å²) in [5.41, 5.74) is 3.95. The van der Waals surface area contributed by atoms with Gasteiger partial charge in [0.15, 0.2) is 0 Å². The van der Waals surface area contributed by atoms with E-state index in [0.29, 0.717) is 24.4 Å². The van der Waals surface area contributed by atoms with E-state index >= 15 is 0 Å². The smallest absolute Gasteiger partial charge is 0.222 e. The summed E-state index contributed by atoms with van der Waals surface area (Å²) < 4.78 is 0. The SMILES string of the molecule is O=C(CCc1cccnc1)N1CCCC(c2ncncc2-c2ccccc2Cl)C1. The maximum Gasteiger partial charge on any atom is 0.222 e. The van der Waals surface area contributed by atoms with Crippen LogP contribution in [0, 0.1) is 0 Å². The standard InChI is InChI=1S/C23H23ClN4O/c24-21-8-2-1-7-19(21)20-14-26-16-27-23(20)18-6-4-12-28(15-18)22(29)10-9-17-5-3-11-25-13-17/h1-3,5,7-8,11,13-14,16,18H,4,6,9-10,12,15H2.